The van der Waals surface area contributed by atoms with Crippen molar-refractivity contribution < 1.29 is 0 Å². The van der Waals surface area contributed by atoms with Crippen LogP contribution in [0.1, 0.15) is 36.9 Å². The van der Waals surface area contributed by atoms with Crippen LogP contribution >= 0.6 is 11.3 Å². The molecule has 1 aliphatic rings. The summed E-state index contributed by atoms with van der Waals surface area (Å²) in [6, 6.07) is 1.19. The second kappa shape index (κ2) is 5.25. The molecule has 1 aromatic heterocycles. The Morgan fingerprint density at radius 2 is 2.38 bits per heavy atom. The second-order valence-corrected chi connectivity index (χ2v) is 5.67. The van der Waals surface area contributed by atoms with Gasteiger partial charge in [-0.15, -0.1) is 11.3 Å². The molecule has 0 spiro atoms. The Labute approximate surface area is 102 Å². The van der Waals surface area contributed by atoms with E-state index in [0.29, 0.717) is 12.1 Å². The third kappa shape index (κ3) is 2.62. The van der Waals surface area contributed by atoms with E-state index in [1.54, 1.807) is 11.3 Å². The Kier molecular flexibility index (Phi) is 3.95. The molecule has 2 heterocycles. The number of aryl methyl sites for hydroxylation is 1. The highest BCUT2D eigenvalue weighted by Crippen LogP contribution is 2.25. The predicted molar refractivity (Wildman–Crippen MR) is 68.5 cm³/mol. The fourth-order valence-corrected chi connectivity index (χ4v) is 3.29. The zero-order valence-electron chi connectivity index (χ0n) is 10.1. The van der Waals surface area contributed by atoms with E-state index in [9.17, 15) is 0 Å². The molecule has 2 unspecified atom stereocenters. The van der Waals surface area contributed by atoms with Crippen LogP contribution in [0.3, 0.4) is 0 Å². The summed E-state index contributed by atoms with van der Waals surface area (Å²) in [6.07, 6.45) is 3.85. The van der Waals surface area contributed by atoms with E-state index in [-0.39, 0.29) is 0 Å². The van der Waals surface area contributed by atoms with Crippen LogP contribution in [0.4, 0.5) is 0 Å². The highest BCUT2D eigenvalue weighted by Gasteiger charge is 2.27. The van der Waals surface area contributed by atoms with Crippen molar-refractivity contribution >= 4 is 11.3 Å². The van der Waals surface area contributed by atoms with Crippen LogP contribution in [-0.4, -0.2) is 28.5 Å². The van der Waals surface area contributed by atoms with Gasteiger partial charge >= 0.3 is 0 Å². The second-order valence-electron chi connectivity index (χ2n) is 4.72. The summed E-state index contributed by atoms with van der Waals surface area (Å²) >= 11 is 1.76. The molecule has 0 radical (unpaired) electrons. The molecule has 0 saturated carbocycles. The quantitative estimate of drug-likeness (QED) is 0.879. The van der Waals surface area contributed by atoms with E-state index in [0.717, 1.165) is 18.8 Å². The van der Waals surface area contributed by atoms with Gasteiger partial charge in [0.1, 0.15) is 5.01 Å². The number of hydrogen-bond donors (Lipinski definition) is 1. The highest BCUT2D eigenvalue weighted by molar-refractivity contribution is 7.09. The molecule has 1 aromatic rings. The van der Waals surface area contributed by atoms with Crippen LogP contribution in [0.15, 0.2) is 5.38 Å². The number of nitrogens with two attached hydrogens (primary N) is 1. The standard InChI is InChI=1S/C12H21N3S/c1-9-8-16-12(14-9)7-15-10(2)4-3-5-11(15)6-13/h8,10-11H,3-7,13H2,1-2H3. The summed E-state index contributed by atoms with van der Waals surface area (Å²) in [6.45, 7) is 6.11. The van der Waals surface area contributed by atoms with Gasteiger partial charge in [0.15, 0.2) is 0 Å². The van der Waals surface area contributed by atoms with Gasteiger partial charge in [-0.1, -0.05) is 6.42 Å². The molecule has 16 heavy (non-hydrogen) atoms. The number of hydrogen-bond acceptors (Lipinski definition) is 4. The third-order valence-corrected chi connectivity index (χ3v) is 4.40. The summed E-state index contributed by atoms with van der Waals surface area (Å²) in [5.74, 6) is 0. The van der Waals surface area contributed by atoms with Gasteiger partial charge in [0.05, 0.1) is 6.54 Å². The van der Waals surface area contributed by atoms with Gasteiger partial charge in [0.25, 0.3) is 0 Å². The van der Waals surface area contributed by atoms with Gasteiger partial charge < -0.3 is 5.73 Å². The average molecular weight is 239 g/mol. The first-order chi connectivity index (χ1) is 7.70. The van der Waals surface area contributed by atoms with Crippen molar-refractivity contribution in [2.75, 3.05) is 6.54 Å². The lowest BCUT2D eigenvalue weighted by Gasteiger charge is -2.39. The Morgan fingerprint density at radius 3 is 3.00 bits per heavy atom. The molecule has 0 aliphatic carbocycles. The molecule has 0 bridgehead atoms. The van der Waals surface area contributed by atoms with E-state index < -0.39 is 0 Å². The third-order valence-electron chi connectivity index (χ3n) is 3.45. The van der Waals surface area contributed by atoms with Crippen molar-refractivity contribution in [3.05, 3.63) is 16.1 Å². The number of nitrogens with zero attached hydrogens (tertiary/aromatic N) is 2. The molecule has 1 aliphatic heterocycles. The number of likely N-dealkylation sites (tertiary alicyclic amines) is 1. The molecule has 0 amide bonds. The van der Waals surface area contributed by atoms with Crippen molar-refractivity contribution in [2.24, 2.45) is 5.73 Å². The first-order valence-corrected chi connectivity index (χ1v) is 6.95. The minimum absolute atomic E-state index is 0.549. The smallest absolute Gasteiger partial charge is 0.107 e. The minimum Gasteiger partial charge on any atom is -0.329 e. The van der Waals surface area contributed by atoms with E-state index >= 15 is 0 Å². The number of thiazole rings is 1. The highest BCUT2D eigenvalue weighted by atomic mass is 32.1. The van der Waals surface area contributed by atoms with E-state index in [1.807, 2.05) is 0 Å². The zero-order chi connectivity index (χ0) is 11.5. The van der Waals surface area contributed by atoms with Crippen molar-refractivity contribution in [1.82, 2.24) is 9.88 Å². The first kappa shape index (κ1) is 12.0. The summed E-state index contributed by atoms with van der Waals surface area (Å²) in [5.41, 5.74) is 6.99. The molecular formula is C12H21N3S. The lowest BCUT2D eigenvalue weighted by Crippen LogP contribution is -2.48. The number of piperidine rings is 1. The van der Waals surface area contributed by atoms with Gasteiger partial charge in [-0.25, -0.2) is 4.98 Å². The predicted octanol–water partition coefficient (Wildman–Crippen LogP) is 2.15. The summed E-state index contributed by atoms with van der Waals surface area (Å²) in [7, 11) is 0. The number of aromatic nitrogens is 1. The molecule has 3 nitrogen and oxygen atoms in total. The lowest BCUT2D eigenvalue weighted by molar-refractivity contribution is 0.0891. The Bertz CT molecular complexity index is 337. The van der Waals surface area contributed by atoms with Crippen molar-refractivity contribution in [3.8, 4) is 0 Å². The molecule has 90 valence electrons. The molecule has 0 aromatic carbocycles. The van der Waals surface area contributed by atoms with Crippen molar-refractivity contribution in [3.63, 3.8) is 0 Å². The molecule has 1 saturated heterocycles. The lowest BCUT2D eigenvalue weighted by atomic mass is 9.96. The fourth-order valence-electron chi connectivity index (χ4n) is 2.51. The van der Waals surface area contributed by atoms with Gasteiger partial charge in [0.2, 0.25) is 0 Å². The van der Waals surface area contributed by atoms with Gasteiger partial charge in [-0.2, -0.15) is 0 Å². The van der Waals surface area contributed by atoms with Crippen LogP contribution in [-0.2, 0) is 6.54 Å². The Balaban J connectivity index is 2.05. The summed E-state index contributed by atoms with van der Waals surface area (Å²) in [4.78, 5) is 7.07. The SMILES string of the molecule is Cc1csc(CN2C(C)CCCC2CN)n1. The van der Waals surface area contributed by atoms with Crippen molar-refractivity contribution in [2.45, 2.75) is 51.7 Å². The van der Waals surface area contributed by atoms with Crippen LogP contribution in [0.25, 0.3) is 0 Å². The molecule has 2 N–H and O–H groups in total. The molecular weight excluding hydrogens is 218 g/mol. The van der Waals surface area contributed by atoms with E-state index in [2.05, 4.69) is 29.1 Å². The largest absolute Gasteiger partial charge is 0.329 e. The van der Waals surface area contributed by atoms with Gasteiger partial charge in [-0.3, -0.25) is 4.90 Å². The molecule has 2 rings (SSSR count). The van der Waals surface area contributed by atoms with Crippen molar-refractivity contribution in [1.29, 1.82) is 0 Å². The molecule has 4 heteroatoms. The Hall–Kier alpha value is -0.450. The topological polar surface area (TPSA) is 42.1 Å². The van der Waals surface area contributed by atoms with Gasteiger partial charge in [-0.05, 0) is 26.7 Å². The van der Waals surface area contributed by atoms with Crippen LogP contribution in [0.2, 0.25) is 0 Å². The zero-order valence-corrected chi connectivity index (χ0v) is 11.0. The molecule has 1 fully saturated rings. The normalized spacial score (nSPS) is 27.2. The number of rotatable bonds is 3. The minimum atomic E-state index is 0.549. The monoisotopic (exact) mass is 239 g/mol. The molecule has 2 atom stereocenters. The van der Waals surface area contributed by atoms with Gasteiger partial charge in [0, 0.05) is 29.7 Å². The van der Waals surface area contributed by atoms with Crippen LogP contribution in [0, 0.1) is 6.92 Å². The van der Waals surface area contributed by atoms with Crippen LogP contribution < -0.4 is 5.73 Å². The first-order valence-electron chi connectivity index (χ1n) is 6.07. The van der Waals surface area contributed by atoms with E-state index in [1.165, 1.54) is 24.3 Å². The summed E-state index contributed by atoms with van der Waals surface area (Å²) in [5, 5.41) is 3.35. The van der Waals surface area contributed by atoms with Crippen LogP contribution in [0.5, 0.6) is 0 Å². The summed E-state index contributed by atoms with van der Waals surface area (Å²) < 4.78 is 0. The fraction of sp³-hybridized carbons (Fsp3) is 0.750. The van der Waals surface area contributed by atoms with E-state index in [4.69, 9.17) is 5.73 Å². The Morgan fingerprint density at radius 1 is 1.56 bits per heavy atom. The maximum absolute atomic E-state index is 5.86. The maximum atomic E-state index is 5.86. The maximum Gasteiger partial charge on any atom is 0.107 e. The average Bonchev–Trinajstić information content (AvgIpc) is 2.67.